The Labute approximate surface area is 195 Å². The first kappa shape index (κ1) is 23.9. The molecule has 0 amide bonds. The first-order chi connectivity index (χ1) is 15.2. The molecule has 4 atom stereocenters. The van der Waals surface area contributed by atoms with Gasteiger partial charge in [-0.15, -0.1) is 0 Å². The van der Waals surface area contributed by atoms with Gasteiger partial charge in [0.15, 0.2) is 5.79 Å². The van der Waals surface area contributed by atoms with E-state index >= 15 is 0 Å². The minimum atomic E-state index is -0.558. The summed E-state index contributed by atoms with van der Waals surface area (Å²) in [5.41, 5.74) is 0.968. The zero-order chi connectivity index (χ0) is 23.0. The van der Waals surface area contributed by atoms with Gasteiger partial charge in [-0.05, 0) is 58.4 Å². The van der Waals surface area contributed by atoms with Crippen molar-refractivity contribution in [1.29, 1.82) is 0 Å². The van der Waals surface area contributed by atoms with Gasteiger partial charge in [-0.3, -0.25) is 4.84 Å². The van der Waals surface area contributed by atoms with Gasteiger partial charge in [-0.25, -0.2) is 0 Å². The van der Waals surface area contributed by atoms with Crippen molar-refractivity contribution in [2.24, 2.45) is 11.3 Å². The van der Waals surface area contributed by atoms with Crippen molar-refractivity contribution >= 4 is 0 Å². The van der Waals surface area contributed by atoms with E-state index in [1.165, 1.54) is 5.56 Å². The van der Waals surface area contributed by atoms with E-state index in [4.69, 9.17) is 14.3 Å². The van der Waals surface area contributed by atoms with Crippen molar-refractivity contribution < 1.29 is 14.3 Å². The lowest BCUT2D eigenvalue weighted by molar-refractivity contribution is -0.416. The summed E-state index contributed by atoms with van der Waals surface area (Å²) in [4.78, 5) is 6.82. The molecule has 2 aliphatic heterocycles. The second-order valence-electron chi connectivity index (χ2n) is 11.0. The summed E-state index contributed by atoms with van der Waals surface area (Å²) in [5.74, 6) is -0.378. The largest absolute Gasteiger partial charge is 0.349 e. The zero-order valence-corrected chi connectivity index (χ0v) is 21.0. The van der Waals surface area contributed by atoms with Gasteiger partial charge in [-0.2, -0.15) is 5.06 Å². The van der Waals surface area contributed by atoms with E-state index in [1.54, 1.807) is 0 Å². The summed E-state index contributed by atoms with van der Waals surface area (Å²) in [6.07, 6.45) is 10.7. The average Bonchev–Trinajstić information content (AvgIpc) is 2.83. The molecule has 4 rings (SSSR count). The minimum absolute atomic E-state index is 0.0142. The standard InChI is InChI=1S/C28H43NO3/c1-7-25(5)19-28(30-20-27(21-31-28)17-13-10-14-18-27)23(4)26(6,8-2)29(25)32-22(3)24-15-11-9-12-16-24/h9-13,15-16,22-23H,7-8,14,17-21H2,1-6H3. The molecule has 2 fully saturated rings. The smallest absolute Gasteiger partial charge is 0.174 e. The third-order valence-electron chi connectivity index (χ3n) is 8.99. The predicted molar refractivity (Wildman–Crippen MR) is 129 cm³/mol. The maximum absolute atomic E-state index is 6.82. The average molecular weight is 442 g/mol. The summed E-state index contributed by atoms with van der Waals surface area (Å²) in [6.45, 7) is 15.2. The van der Waals surface area contributed by atoms with Gasteiger partial charge in [0.2, 0.25) is 0 Å². The Morgan fingerprint density at radius 1 is 1.06 bits per heavy atom. The number of hydrogen-bond donors (Lipinski definition) is 0. The first-order valence-electron chi connectivity index (χ1n) is 12.7. The molecule has 0 bridgehead atoms. The Bertz CT molecular complexity index is 800. The third kappa shape index (κ3) is 3.98. The van der Waals surface area contributed by atoms with E-state index in [0.717, 1.165) is 51.7 Å². The van der Waals surface area contributed by atoms with Crippen molar-refractivity contribution in [2.75, 3.05) is 13.2 Å². The molecule has 1 aromatic rings. The van der Waals surface area contributed by atoms with Crippen LogP contribution in [-0.2, 0) is 14.3 Å². The molecule has 0 radical (unpaired) electrons. The number of hydrogen-bond acceptors (Lipinski definition) is 4. The Hall–Kier alpha value is -1.20. The summed E-state index contributed by atoms with van der Waals surface area (Å²) in [7, 11) is 0. The number of allylic oxidation sites excluding steroid dienone is 2. The number of ether oxygens (including phenoxy) is 2. The fourth-order valence-corrected chi connectivity index (χ4v) is 6.12. The Balaban J connectivity index is 1.62. The Morgan fingerprint density at radius 3 is 2.31 bits per heavy atom. The van der Waals surface area contributed by atoms with Gasteiger partial charge in [-0.1, -0.05) is 63.3 Å². The topological polar surface area (TPSA) is 30.9 Å². The summed E-state index contributed by atoms with van der Waals surface area (Å²) in [5, 5.41) is 2.33. The molecule has 0 aromatic heterocycles. The summed E-state index contributed by atoms with van der Waals surface area (Å²) < 4.78 is 13.6. The van der Waals surface area contributed by atoms with Crippen LogP contribution in [0.25, 0.3) is 0 Å². The van der Waals surface area contributed by atoms with E-state index in [1.807, 2.05) is 0 Å². The van der Waals surface area contributed by atoms with Crippen molar-refractivity contribution in [1.82, 2.24) is 5.06 Å². The lowest BCUT2D eigenvalue weighted by Crippen LogP contribution is -2.73. The van der Waals surface area contributed by atoms with Crippen LogP contribution in [0, 0.1) is 11.3 Å². The van der Waals surface area contributed by atoms with Crippen LogP contribution in [0.15, 0.2) is 42.5 Å². The molecule has 4 unspecified atom stereocenters. The lowest BCUT2D eigenvalue weighted by atomic mass is 9.66. The van der Waals surface area contributed by atoms with E-state index < -0.39 is 5.79 Å². The van der Waals surface area contributed by atoms with Gasteiger partial charge < -0.3 is 9.47 Å². The van der Waals surface area contributed by atoms with Crippen LogP contribution >= 0.6 is 0 Å². The highest BCUT2D eigenvalue weighted by molar-refractivity contribution is 5.17. The van der Waals surface area contributed by atoms with Crippen LogP contribution < -0.4 is 0 Å². The van der Waals surface area contributed by atoms with Crippen LogP contribution in [0.3, 0.4) is 0 Å². The number of piperidine rings is 1. The van der Waals surface area contributed by atoms with Gasteiger partial charge in [0.25, 0.3) is 0 Å². The van der Waals surface area contributed by atoms with Gasteiger partial charge in [0, 0.05) is 23.3 Å². The van der Waals surface area contributed by atoms with E-state index in [-0.39, 0.29) is 28.5 Å². The highest BCUT2D eigenvalue weighted by Crippen LogP contribution is 2.55. The molecule has 0 N–H and O–H groups in total. The van der Waals surface area contributed by atoms with Crippen molar-refractivity contribution in [2.45, 2.75) is 103 Å². The Morgan fingerprint density at radius 2 is 1.75 bits per heavy atom. The zero-order valence-electron chi connectivity index (χ0n) is 21.0. The molecule has 1 aromatic carbocycles. The second-order valence-corrected chi connectivity index (χ2v) is 11.0. The van der Waals surface area contributed by atoms with Gasteiger partial charge >= 0.3 is 0 Å². The molecule has 2 saturated heterocycles. The molecular weight excluding hydrogens is 398 g/mol. The fourth-order valence-electron chi connectivity index (χ4n) is 6.12. The SMILES string of the molecule is CCC1(C)CC2(OCC3(CC=CCC3)CO2)C(C)C(C)(CC)N1OC(C)c1ccccc1. The lowest BCUT2D eigenvalue weighted by Gasteiger charge is -2.64. The monoisotopic (exact) mass is 441 g/mol. The normalized spacial score (nSPS) is 41.2. The van der Waals surface area contributed by atoms with Crippen molar-refractivity contribution in [3.05, 3.63) is 48.0 Å². The maximum Gasteiger partial charge on any atom is 0.174 e. The second kappa shape index (κ2) is 8.87. The van der Waals surface area contributed by atoms with Crippen molar-refractivity contribution in [3.8, 4) is 0 Å². The van der Waals surface area contributed by atoms with Crippen LogP contribution in [0.4, 0.5) is 0 Å². The number of nitrogens with zero attached hydrogens (tertiary/aromatic N) is 1. The quantitative estimate of drug-likeness (QED) is 0.469. The van der Waals surface area contributed by atoms with Crippen LogP contribution in [0.1, 0.15) is 91.7 Å². The highest BCUT2D eigenvalue weighted by Gasteiger charge is 2.63. The molecule has 0 saturated carbocycles. The summed E-state index contributed by atoms with van der Waals surface area (Å²) in [6, 6.07) is 10.5. The Kier molecular flexibility index (Phi) is 6.63. The van der Waals surface area contributed by atoms with E-state index in [2.05, 4.69) is 89.1 Å². The molecule has 1 aliphatic carbocycles. The van der Waals surface area contributed by atoms with Gasteiger partial charge in [0.1, 0.15) is 6.10 Å². The molecule has 2 heterocycles. The van der Waals surface area contributed by atoms with Gasteiger partial charge in [0.05, 0.1) is 18.8 Å². The number of benzene rings is 1. The van der Waals surface area contributed by atoms with Crippen LogP contribution in [-0.4, -0.2) is 35.1 Å². The number of rotatable bonds is 5. The maximum atomic E-state index is 6.82. The molecule has 32 heavy (non-hydrogen) atoms. The molecule has 2 spiro atoms. The minimum Gasteiger partial charge on any atom is -0.349 e. The molecule has 3 aliphatic rings. The highest BCUT2D eigenvalue weighted by atomic mass is 16.7. The number of hydroxylamine groups is 2. The molecular formula is C28H43NO3. The third-order valence-corrected chi connectivity index (χ3v) is 8.99. The first-order valence-corrected chi connectivity index (χ1v) is 12.7. The molecule has 4 nitrogen and oxygen atoms in total. The molecule has 4 heteroatoms. The molecule has 178 valence electrons. The summed E-state index contributed by atoms with van der Waals surface area (Å²) >= 11 is 0. The predicted octanol–water partition coefficient (Wildman–Crippen LogP) is 6.83. The van der Waals surface area contributed by atoms with Crippen molar-refractivity contribution in [3.63, 3.8) is 0 Å². The fraction of sp³-hybridized carbons (Fsp3) is 0.714. The van der Waals surface area contributed by atoms with Crippen LogP contribution in [0.5, 0.6) is 0 Å². The van der Waals surface area contributed by atoms with E-state index in [9.17, 15) is 0 Å². The van der Waals surface area contributed by atoms with E-state index in [0.29, 0.717) is 0 Å². The van der Waals surface area contributed by atoms with Crippen LogP contribution in [0.2, 0.25) is 0 Å².